The van der Waals surface area contributed by atoms with Crippen molar-refractivity contribution in [3.05, 3.63) is 48.0 Å². The van der Waals surface area contributed by atoms with Crippen molar-refractivity contribution in [2.24, 2.45) is 0 Å². The van der Waals surface area contributed by atoms with E-state index in [2.05, 4.69) is 47.4 Å². The number of benzene rings is 2. The molecule has 1 N–H and O–H groups in total. The van der Waals surface area contributed by atoms with Crippen molar-refractivity contribution in [1.82, 2.24) is 4.90 Å². The summed E-state index contributed by atoms with van der Waals surface area (Å²) in [4.78, 5) is 2.24. The van der Waals surface area contributed by atoms with E-state index in [4.69, 9.17) is 9.47 Å². The Kier molecular flexibility index (Phi) is 4.45. The highest BCUT2D eigenvalue weighted by Crippen LogP contribution is 2.28. The molecule has 1 fully saturated rings. The first-order valence-corrected chi connectivity index (χ1v) is 7.65. The van der Waals surface area contributed by atoms with Crippen LogP contribution in [-0.2, 0) is 16.0 Å². The highest BCUT2D eigenvalue weighted by atomic mass is 16.7. The fraction of sp³-hybridized carbons (Fsp3) is 0.444. The molecule has 0 spiro atoms. The minimum absolute atomic E-state index is 0.550. The molecule has 0 aromatic heterocycles. The lowest BCUT2D eigenvalue weighted by molar-refractivity contribution is -0.279. The lowest BCUT2D eigenvalue weighted by Crippen LogP contribution is -2.57. The Morgan fingerprint density at radius 1 is 1.14 bits per heavy atom. The van der Waals surface area contributed by atoms with Crippen LogP contribution in [0.3, 0.4) is 0 Å². The number of hydrogen-bond acceptors (Lipinski definition) is 4. The molecule has 0 bridgehead atoms. The quantitative estimate of drug-likeness (QED) is 0.881. The van der Waals surface area contributed by atoms with Crippen LogP contribution in [0.1, 0.15) is 12.0 Å². The second-order valence-corrected chi connectivity index (χ2v) is 5.90. The fourth-order valence-corrected chi connectivity index (χ4v) is 3.25. The van der Waals surface area contributed by atoms with E-state index in [0.29, 0.717) is 13.0 Å². The number of methoxy groups -OCH3 is 2. The van der Waals surface area contributed by atoms with Crippen molar-refractivity contribution in [2.75, 3.05) is 27.3 Å². The number of nitrogens with zero attached hydrogens (tertiary/aromatic N) is 1. The summed E-state index contributed by atoms with van der Waals surface area (Å²) < 4.78 is 10.8. The number of hydrogen-bond donors (Lipinski definition) is 1. The van der Waals surface area contributed by atoms with Crippen molar-refractivity contribution in [3.63, 3.8) is 0 Å². The Hall–Kier alpha value is -1.46. The van der Waals surface area contributed by atoms with Gasteiger partial charge in [-0.05, 0) is 22.4 Å². The van der Waals surface area contributed by atoms with Gasteiger partial charge in [-0.3, -0.25) is 4.90 Å². The molecule has 1 aliphatic rings. The summed E-state index contributed by atoms with van der Waals surface area (Å²) in [6.45, 7) is 2.21. The SMILES string of the molecule is COC1(OC)CCN(Cc2ccc3ccccc3c2)CC1O. The molecule has 1 aliphatic heterocycles. The Bertz CT molecular complexity index is 639. The van der Waals surface area contributed by atoms with E-state index in [0.717, 1.165) is 13.1 Å². The lowest BCUT2D eigenvalue weighted by atomic mass is 9.99. The van der Waals surface area contributed by atoms with E-state index in [-0.39, 0.29) is 0 Å². The van der Waals surface area contributed by atoms with Gasteiger partial charge in [-0.1, -0.05) is 36.4 Å². The predicted octanol–water partition coefficient (Wildman–Crippen LogP) is 2.40. The zero-order valence-electron chi connectivity index (χ0n) is 13.2. The van der Waals surface area contributed by atoms with Crippen LogP contribution in [0, 0.1) is 0 Å². The van der Waals surface area contributed by atoms with Gasteiger partial charge in [-0.2, -0.15) is 0 Å². The molecule has 0 saturated carbocycles. The van der Waals surface area contributed by atoms with Gasteiger partial charge in [0, 0.05) is 40.3 Å². The Labute approximate surface area is 131 Å². The fourth-order valence-electron chi connectivity index (χ4n) is 3.25. The second kappa shape index (κ2) is 6.34. The zero-order valence-corrected chi connectivity index (χ0v) is 13.2. The number of rotatable bonds is 4. The molecular weight excluding hydrogens is 278 g/mol. The molecule has 1 unspecified atom stereocenters. The van der Waals surface area contributed by atoms with E-state index < -0.39 is 11.9 Å². The van der Waals surface area contributed by atoms with Gasteiger partial charge >= 0.3 is 0 Å². The molecule has 1 saturated heterocycles. The van der Waals surface area contributed by atoms with Gasteiger partial charge in [0.25, 0.3) is 0 Å². The van der Waals surface area contributed by atoms with Crippen molar-refractivity contribution >= 4 is 10.8 Å². The molecule has 0 radical (unpaired) electrons. The summed E-state index contributed by atoms with van der Waals surface area (Å²) in [5.74, 6) is -0.861. The number of piperidine rings is 1. The minimum Gasteiger partial charge on any atom is -0.386 e. The molecule has 22 heavy (non-hydrogen) atoms. The molecule has 1 atom stereocenters. The average Bonchev–Trinajstić information content (AvgIpc) is 2.56. The number of β-amino-alcohol motifs (C(OH)–C–C–N with tert-alkyl or cyclic N) is 1. The maximum Gasteiger partial charge on any atom is 0.196 e. The average molecular weight is 301 g/mol. The number of likely N-dealkylation sites (tertiary alicyclic amines) is 1. The molecule has 4 heteroatoms. The highest BCUT2D eigenvalue weighted by Gasteiger charge is 2.42. The molecule has 2 aromatic carbocycles. The molecular formula is C18H23NO3. The van der Waals surface area contributed by atoms with Crippen LogP contribution in [-0.4, -0.2) is 49.2 Å². The van der Waals surface area contributed by atoms with Gasteiger partial charge < -0.3 is 14.6 Å². The van der Waals surface area contributed by atoms with E-state index >= 15 is 0 Å². The summed E-state index contributed by atoms with van der Waals surface area (Å²) in [6.07, 6.45) is 0.0195. The van der Waals surface area contributed by atoms with E-state index in [1.807, 2.05) is 0 Å². The summed E-state index contributed by atoms with van der Waals surface area (Å²) in [6, 6.07) is 14.9. The van der Waals surface area contributed by atoms with Gasteiger partial charge in [0.15, 0.2) is 5.79 Å². The van der Waals surface area contributed by atoms with Crippen LogP contribution in [0.15, 0.2) is 42.5 Å². The van der Waals surface area contributed by atoms with Crippen LogP contribution < -0.4 is 0 Å². The van der Waals surface area contributed by atoms with E-state index in [1.165, 1.54) is 16.3 Å². The van der Waals surface area contributed by atoms with Crippen LogP contribution in [0.4, 0.5) is 0 Å². The van der Waals surface area contributed by atoms with Crippen molar-refractivity contribution in [1.29, 1.82) is 0 Å². The van der Waals surface area contributed by atoms with E-state index in [1.54, 1.807) is 14.2 Å². The monoisotopic (exact) mass is 301 g/mol. The van der Waals surface area contributed by atoms with Gasteiger partial charge in [0.05, 0.1) is 0 Å². The van der Waals surface area contributed by atoms with Crippen LogP contribution in [0.5, 0.6) is 0 Å². The van der Waals surface area contributed by atoms with Crippen molar-refractivity contribution in [3.8, 4) is 0 Å². The molecule has 118 valence electrons. The molecule has 0 aliphatic carbocycles. The second-order valence-electron chi connectivity index (χ2n) is 5.90. The molecule has 4 nitrogen and oxygen atoms in total. The molecule has 2 aromatic rings. The Morgan fingerprint density at radius 3 is 2.55 bits per heavy atom. The smallest absolute Gasteiger partial charge is 0.196 e. The first-order valence-electron chi connectivity index (χ1n) is 7.65. The third kappa shape index (κ3) is 2.88. The maximum atomic E-state index is 10.3. The molecule has 1 heterocycles. The zero-order chi connectivity index (χ0) is 15.6. The number of aliphatic hydroxyl groups excluding tert-OH is 1. The van der Waals surface area contributed by atoms with Gasteiger partial charge in [0.1, 0.15) is 6.10 Å². The largest absolute Gasteiger partial charge is 0.386 e. The molecule has 3 rings (SSSR count). The third-order valence-electron chi connectivity index (χ3n) is 4.63. The number of aliphatic hydroxyl groups is 1. The topological polar surface area (TPSA) is 41.9 Å². The molecule has 0 amide bonds. The normalized spacial score (nSPS) is 22.0. The van der Waals surface area contributed by atoms with Crippen LogP contribution >= 0.6 is 0 Å². The summed E-state index contributed by atoms with van der Waals surface area (Å²) in [5.41, 5.74) is 1.26. The minimum atomic E-state index is -0.861. The van der Waals surface area contributed by atoms with Gasteiger partial charge in [-0.15, -0.1) is 0 Å². The summed E-state index contributed by atoms with van der Waals surface area (Å²) in [5, 5.41) is 12.9. The first-order chi connectivity index (χ1) is 10.7. The number of fused-ring (bicyclic) bond motifs is 1. The first kappa shape index (κ1) is 15.4. The summed E-state index contributed by atoms with van der Waals surface area (Å²) >= 11 is 0. The Morgan fingerprint density at radius 2 is 1.86 bits per heavy atom. The standard InChI is InChI=1S/C18H23NO3/c1-21-18(22-2)9-10-19(13-17(18)20)12-14-7-8-15-5-3-4-6-16(15)11-14/h3-8,11,17,20H,9-10,12-13H2,1-2H3. The van der Waals surface area contributed by atoms with Gasteiger partial charge in [0.2, 0.25) is 0 Å². The van der Waals surface area contributed by atoms with Crippen molar-refractivity contribution in [2.45, 2.75) is 24.9 Å². The maximum absolute atomic E-state index is 10.3. The van der Waals surface area contributed by atoms with Crippen LogP contribution in [0.25, 0.3) is 10.8 Å². The van der Waals surface area contributed by atoms with Crippen LogP contribution in [0.2, 0.25) is 0 Å². The highest BCUT2D eigenvalue weighted by molar-refractivity contribution is 5.82. The lowest BCUT2D eigenvalue weighted by Gasteiger charge is -2.43. The summed E-state index contributed by atoms with van der Waals surface area (Å²) in [7, 11) is 3.18. The third-order valence-corrected chi connectivity index (χ3v) is 4.63. The van der Waals surface area contributed by atoms with E-state index in [9.17, 15) is 5.11 Å². The van der Waals surface area contributed by atoms with Gasteiger partial charge in [-0.25, -0.2) is 0 Å². The predicted molar refractivity (Wildman–Crippen MR) is 86.6 cm³/mol. The Balaban J connectivity index is 1.71. The number of ether oxygens (including phenoxy) is 2. The van der Waals surface area contributed by atoms with Crippen molar-refractivity contribution < 1.29 is 14.6 Å².